The summed E-state index contributed by atoms with van der Waals surface area (Å²) >= 11 is 3.41. The number of ketones is 2. The van der Waals surface area contributed by atoms with Crippen LogP contribution in [0.15, 0.2) is 63.5 Å². The normalized spacial score (nSPS) is 25.2. The van der Waals surface area contributed by atoms with E-state index in [-0.39, 0.29) is 29.7 Å². The summed E-state index contributed by atoms with van der Waals surface area (Å²) in [5.74, 6) is -5.24. The maximum Gasteiger partial charge on any atom is 0.255 e. The van der Waals surface area contributed by atoms with Crippen molar-refractivity contribution in [2.75, 3.05) is 7.11 Å². The van der Waals surface area contributed by atoms with E-state index in [0.717, 1.165) is 15.6 Å². The minimum atomic E-state index is -2.02. The lowest BCUT2D eigenvalue weighted by Gasteiger charge is -2.47. The number of Topliss-reactive ketones (excluding diaryl/α,β-unsaturated/α-hetero) is 2. The van der Waals surface area contributed by atoms with Gasteiger partial charge in [-0.2, -0.15) is 0 Å². The van der Waals surface area contributed by atoms with E-state index in [4.69, 9.17) is 10.5 Å². The highest BCUT2D eigenvalue weighted by molar-refractivity contribution is 9.10. The van der Waals surface area contributed by atoms with Gasteiger partial charge in [-0.3, -0.25) is 14.4 Å². The molecule has 37 heavy (non-hydrogen) atoms. The number of aromatic hydroxyl groups is 1. The summed E-state index contributed by atoms with van der Waals surface area (Å²) in [5, 5.41) is 32.5. The lowest BCUT2D eigenvalue weighted by molar-refractivity contribution is -0.149. The average Bonchev–Trinajstić information content (AvgIpc) is 2.84. The van der Waals surface area contributed by atoms with Crippen LogP contribution < -0.4 is 5.73 Å². The number of phenolic OH excluding ortho intramolecular Hbond substituents is 1. The van der Waals surface area contributed by atoms with Crippen molar-refractivity contribution < 1.29 is 34.4 Å². The van der Waals surface area contributed by atoms with E-state index in [9.17, 15) is 29.7 Å². The van der Waals surface area contributed by atoms with Crippen molar-refractivity contribution >= 4 is 45.6 Å². The van der Waals surface area contributed by atoms with Crippen molar-refractivity contribution in [3.63, 3.8) is 0 Å². The highest BCUT2D eigenvalue weighted by Crippen LogP contribution is 2.53. The molecule has 0 unspecified atom stereocenters. The maximum atomic E-state index is 13.7. The molecule has 3 aliphatic carbocycles. The third-order valence-electron chi connectivity index (χ3n) is 7.59. The van der Waals surface area contributed by atoms with E-state index in [1.54, 1.807) is 6.07 Å². The highest BCUT2D eigenvalue weighted by Gasteiger charge is 2.61. The molecule has 8 nitrogen and oxygen atoms in total. The van der Waals surface area contributed by atoms with Gasteiger partial charge < -0.3 is 25.8 Å². The number of carbonyl (C=O) groups excluding carboxylic acids is 3. The zero-order chi connectivity index (χ0) is 26.6. The van der Waals surface area contributed by atoms with E-state index in [2.05, 4.69) is 15.9 Å². The van der Waals surface area contributed by atoms with Gasteiger partial charge in [-0.15, -0.1) is 0 Å². The topological polar surface area (TPSA) is 147 Å². The molecule has 0 aliphatic heterocycles. The Morgan fingerprint density at radius 2 is 1.78 bits per heavy atom. The summed E-state index contributed by atoms with van der Waals surface area (Å²) in [5.41, 5.74) is 4.99. The second-order valence-electron chi connectivity index (χ2n) is 9.50. The van der Waals surface area contributed by atoms with Crippen LogP contribution in [0, 0.1) is 11.8 Å². The van der Waals surface area contributed by atoms with Gasteiger partial charge in [0.05, 0.1) is 5.56 Å². The van der Waals surface area contributed by atoms with Crippen molar-refractivity contribution in [2.45, 2.75) is 24.9 Å². The Balaban J connectivity index is 1.62. The van der Waals surface area contributed by atoms with Gasteiger partial charge in [0.15, 0.2) is 11.4 Å². The van der Waals surface area contributed by atoms with E-state index in [1.165, 1.54) is 13.2 Å². The first-order valence-corrected chi connectivity index (χ1v) is 12.5. The highest BCUT2D eigenvalue weighted by atomic mass is 79.9. The Bertz CT molecular complexity index is 1450. The van der Waals surface area contributed by atoms with Gasteiger partial charge in [-0.1, -0.05) is 46.3 Å². The molecule has 5 N–H and O–H groups in total. The molecule has 2 aromatic rings. The van der Waals surface area contributed by atoms with Crippen LogP contribution in [-0.4, -0.2) is 45.5 Å². The lowest BCUT2D eigenvalue weighted by Crippen LogP contribution is -2.58. The smallest absolute Gasteiger partial charge is 0.255 e. The van der Waals surface area contributed by atoms with Crippen LogP contribution in [0.25, 0.3) is 12.2 Å². The molecular formula is C28H24BrNO7. The number of allylic oxidation sites excluding steroid dienone is 2. The molecule has 1 amide bonds. The first-order valence-electron chi connectivity index (χ1n) is 11.7. The van der Waals surface area contributed by atoms with E-state index in [1.807, 2.05) is 36.4 Å². The molecular weight excluding hydrogens is 542 g/mol. The second kappa shape index (κ2) is 9.00. The zero-order valence-corrected chi connectivity index (χ0v) is 21.4. The molecule has 0 saturated carbocycles. The summed E-state index contributed by atoms with van der Waals surface area (Å²) in [4.78, 5) is 39.0. The molecule has 0 heterocycles. The molecule has 3 atom stereocenters. The number of halogens is 1. The third kappa shape index (κ3) is 3.72. The largest absolute Gasteiger partial charge is 0.511 e. The summed E-state index contributed by atoms with van der Waals surface area (Å²) in [7, 11) is 1.20. The number of hydrogen-bond acceptors (Lipinski definition) is 7. The van der Waals surface area contributed by atoms with Crippen LogP contribution in [0.2, 0.25) is 0 Å². The van der Waals surface area contributed by atoms with Gasteiger partial charge in [0, 0.05) is 29.5 Å². The molecule has 0 radical (unpaired) electrons. The van der Waals surface area contributed by atoms with Crippen LogP contribution in [0.1, 0.15) is 39.9 Å². The van der Waals surface area contributed by atoms with Crippen molar-refractivity contribution in [1.82, 2.24) is 0 Å². The van der Waals surface area contributed by atoms with Crippen LogP contribution >= 0.6 is 15.9 Å². The van der Waals surface area contributed by atoms with Gasteiger partial charge in [-0.25, -0.2) is 0 Å². The van der Waals surface area contributed by atoms with Gasteiger partial charge in [0.2, 0.25) is 5.78 Å². The van der Waals surface area contributed by atoms with Crippen molar-refractivity contribution in [3.8, 4) is 5.75 Å². The minimum absolute atomic E-state index is 0.0338. The second-order valence-corrected chi connectivity index (χ2v) is 10.4. The Hall–Kier alpha value is -3.69. The number of rotatable bonds is 4. The predicted octanol–water partition coefficient (Wildman–Crippen LogP) is 4.17. The van der Waals surface area contributed by atoms with E-state index < -0.39 is 52.0 Å². The first-order chi connectivity index (χ1) is 17.6. The maximum absolute atomic E-state index is 13.7. The number of phenols is 1. The number of fused-ring (bicyclic) bond motifs is 3. The third-order valence-corrected chi connectivity index (χ3v) is 8.12. The Morgan fingerprint density at radius 3 is 2.43 bits per heavy atom. The number of amides is 1. The Kier molecular flexibility index (Phi) is 6.08. The monoisotopic (exact) mass is 565 g/mol. The van der Waals surface area contributed by atoms with E-state index >= 15 is 0 Å². The number of ether oxygens (including phenoxy) is 1. The Morgan fingerprint density at radius 1 is 1.08 bits per heavy atom. The number of aliphatic hydroxyl groups is 2. The molecule has 190 valence electrons. The fourth-order valence-electron chi connectivity index (χ4n) is 5.90. The Labute approximate surface area is 220 Å². The number of hydrogen-bond donors (Lipinski definition) is 4. The van der Waals surface area contributed by atoms with Crippen molar-refractivity contribution in [2.24, 2.45) is 17.6 Å². The number of methoxy groups -OCH3 is 1. The molecule has 9 heteroatoms. The van der Waals surface area contributed by atoms with Crippen molar-refractivity contribution in [3.05, 3.63) is 85.8 Å². The lowest BCUT2D eigenvalue weighted by atomic mass is 9.60. The molecule has 5 rings (SSSR count). The summed E-state index contributed by atoms with van der Waals surface area (Å²) < 4.78 is 6.48. The van der Waals surface area contributed by atoms with Crippen LogP contribution in [-0.2, 0) is 20.7 Å². The van der Waals surface area contributed by atoms with Crippen LogP contribution in [0.4, 0.5) is 0 Å². The number of aliphatic hydroxyl groups excluding tert-OH is 2. The van der Waals surface area contributed by atoms with Gasteiger partial charge in [0.25, 0.3) is 5.91 Å². The number of primary amides is 1. The van der Waals surface area contributed by atoms with Crippen molar-refractivity contribution in [1.29, 1.82) is 0 Å². The molecule has 2 aromatic carbocycles. The molecule has 0 bridgehead atoms. The summed E-state index contributed by atoms with van der Waals surface area (Å²) in [6.07, 6.45) is 4.18. The van der Waals surface area contributed by atoms with Crippen LogP contribution in [0.5, 0.6) is 5.75 Å². The average molecular weight is 566 g/mol. The molecule has 0 spiro atoms. The van der Waals surface area contributed by atoms with E-state index in [0.29, 0.717) is 12.0 Å². The molecule has 0 aromatic heterocycles. The fourth-order valence-corrected chi connectivity index (χ4v) is 6.16. The molecule has 3 aliphatic rings. The molecule has 0 fully saturated rings. The number of benzene rings is 2. The first kappa shape index (κ1) is 25.0. The minimum Gasteiger partial charge on any atom is -0.511 e. The number of carbonyl (C=O) groups is 3. The number of nitrogens with two attached hydrogens (primary N) is 1. The quantitative estimate of drug-likeness (QED) is 0.321. The standard InChI is InChI=1S/C28H24BrNO7/c1-37-28-16(12-20(32)23(26(28)35)27(30)36)10-15-11-18-14(5-2-13-3-7-17(29)8-4-13)6-9-19(31)22(18)24(33)21(15)25(28)34/h2-9,15-16,31-32,34H,10-12H2,1H3,(H2,30,36)/b5-2+/t15-,16+,28+/m1/s1. The molecule has 0 saturated heterocycles. The predicted molar refractivity (Wildman–Crippen MR) is 139 cm³/mol. The fraction of sp³-hybridized carbons (Fsp3) is 0.250. The van der Waals surface area contributed by atoms with Gasteiger partial charge >= 0.3 is 0 Å². The summed E-state index contributed by atoms with van der Waals surface area (Å²) in [6, 6.07) is 10.8. The zero-order valence-electron chi connectivity index (χ0n) is 19.8. The van der Waals surface area contributed by atoms with Crippen LogP contribution in [0.3, 0.4) is 0 Å². The SMILES string of the molecule is CO[C@@]12C(=O)C(C(N)=O)=C(O)C[C@@H]1C[C@@H]1Cc3c(/C=C/c4ccc(Br)cc4)ccc(O)c3C(=O)C1=C2O. The van der Waals surface area contributed by atoms with Gasteiger partial charge in [0.1, 0.15) is 22.8 Å². The summed E-state index contributed by atoms with van der Waals surface area (Å²) in [6.45, 7) is 0. The van der Waals surface area contributed by atoms with Gasteiger partial charge in [-0.05, 0) is 53.6 Å².